The van der Waals surface area contributed by atoms with E-state index in [4.69, 9.17) is 0 Å². The van der Waals surface area contributed by atoms with Gasteiger partial charge in [-0.2, -0.15) is 5.10 Å². The smallest absolute Gasteiger partial charge is 0.234 e. The summed E-state index contributed by atoms with van der Waals surface area (Å²) < 4.78 is 27.4. The van der Waals surface area contributed by atoms with E-state index >= 15 is 0 Å². The molecular formula is C13H19N3O2S. The largest absolute Gasteiger partial charge is 0.273 e. The van der Waals surface area contributed by atoms with Crippen LogP contribution in [0.4, 0.5) is 5.69 Å². The van der Waals surface area contributed by atoms with E-state index in [0.29, 0.717) is 12.1 Å². The van der Waals surface area contributed by atoms with Crippen LogP contribution in [0.1, 0.15) is 19.8 Å². The highest BCUT2D eigenvalue weighted by Crippen LogP contribution is 2.23. The van der Waals surface area contributed by atoms with Crippen LogP contribution < -0.4 is 4.31 Å². The molecule has 5 nitrogen and oxygen atoms in total. The lowest BCUT2D eigenvalue weighted by Gasteiger charge is -2.19. The number of sulfonamides is 1. The maximum absolute atomic E-state index is 12.2. The second kappa shape index (κ2) is 5.21. The quantitative estimate of drug-likeness (QED) is 0.843. The minimum absolute atomic E-state index is 0.184. The molecule has 6 heteroatoms. The van der Waals surface area contributed by atoms with Crippen LogP contribution in [-0.4, -0.2) is 31.0 Å². The van der Waals surface area contributed by atoms with E-state index in [1.807, 2.05) is 32.2 Å². The van der Waals surface area contributed by atoms with E-state index in [1.54, 1.807) is 17.9 Å². The molecule has 0 saturated heterocycles. The summed E-state index contributed by atoms with van der Waals surface area (Å²) in [6.45, 7) is 1.98. The van der Waals surface area contributed by atoms with Crippen LogP contribution in [0.25, 0.3) is 10.9 Å². The van der Waals surface area contributed by atoms with Crippen molar-refractivity contribution in [2.45, 2.75) is 19.8 Å². The van der Waals surface area contributed by atoms with Crippen molar-refractivity contribution < 1.29 is 8.42 Å². The Morgan fingerprint density at radius 2 is 2.11 bits per heavy atom. The average molecular weight is 281 g/mol. The van der Waals surface area contributed by atoms with Gasteiger partial charge < -0.3 is 0 Å². The molecule has 0 aliphatic heterocycles. The molecule has 104 valence electrons. The van der Waals surface area contributed by atoms with Crippen molar-refractivity contribution in [3.63, 3.8) is 0 Å². The van der Waals surface area contributed by atoms with E-state index in [2.05, 4.69) is 5.10 Å². The van der Waals surface area contributed by atoms with Gasteiger partial charge in [0.05, 0.1) is 23.2 Å². The van der Waals surface area contributed by atoms with E-state index in [1.165, 1.54) is 4.31 Å². The number of fused-ring (bicyclic) bond motifs is 1. The third-order valence-electron chi connectivity index (χ3n) is 3.27. The number of hydrogen-bond acceptors (Lipinski definition) is 3. The summed E-state index contributed by atoms with van der Waals surface area (Å²) in [5, 5.41) is 5.16. The highest BCUT2D eigenvalue weighted by molar-refractivity contribution is 7.92. The minimum atomic E-state index is -3.24. The van der Waals surface area contributed by atoms with Gasteiger partial charge >= 0.3 is 0 Å². The molecule has 0 unspecified atom stereocenters. The number of rotatable bonds is 5. The molecule has 1 heterocycles. The monoisotopic (exact) mass is 281 g/mol. The molecule has 2 aromatic rings. The summed E-state index contributed by atoms with van der Waals surface area (Å²) in [5.74, 6) is 0.184. The lowest BCUT2D eigenvalue weighted by molar-refractivity contribution is 0.591. The molecular weight excluding hydrogens is 262 g/mol. The minimum Gasteiger partial charge on any atom is -0.273 e. The summed E-state index contributed by atoms with van der Waals surface area (Å²) >= 11 is 0. The van der Waals surface area contributed by atoms with Crippen molar-refractivity contribution in [2.75, 3.05) is 17.1 Å². The Morgan fingerprint density at radius 3 is 2.79 bits per heavy atom. The van der Waals surface area contributed by atoms with Crippen molar-refractivity contribution in [3.8, 4) is 0 Å². The fraction of sp³-hybridized carbons (Fsp3) is 0.462. The Hall–Kier alpha value is -1.56. The normalized spacial score (nSPS) is 11.9. The maximum Gasteiger partial charge on any atom is 0.234 e. The number of aromatic nitrogens is 2. The first kappa shape index (κ1) is 13.9. The highest BCUT2D eigenvalue weighted by Gasteiger charge is 2.18. The van der Waals surface area contributed by atoms with E-state index in [0.717, 1.165) is 17.3 Å². The third-order valence-corrected chi connectivity index (χ3v) is 5.12. The van der Waals surface area contributed by atoms with Crippen molar-refractivity contribution in [1.29, 1.82) is 0 Å². The summed E-state index contributed by atoms with van der Waals surface area (Å²) in [5.41, 5.74) is 1.60. The van der Waals surface area contributed by atoms with Crippen LogP contribution in [0.5, 0.6) is 0 Å². The van der Waals surface area contributed by atoms with Crippen LogP contribution >= 0.6 is 0 Å². The van der Waals surface area contributed by atoms with E-state index in [9.17, 15) is 8.42 Å². The molecule has 1 aromatic heterocycles. The van der Waals surface area contributed by atoms with Crippen LogP contribution in [0.3, 0.4) is 0 Å². The third kappa shape index (κ3) is 2.73. The van der Waals surface area contributed by atoms with Crippen molar-refractivity contribution in [2.24, 2.45) is 7.05 Å². The van der Waals surface area contributed by atoms with Crippen molar-refractivity contribution >= 4 is 26.6 Å². The molecule has 0 saturated carbocycles. The molecule has 2 rings (SSSR count). The Labute approximate surface area is 113 Å². The SMILES string of the molecule is CCCCS(=O)(=O)N(C)c1ccc2cnn(C)c2c1. The van der Waals surface area contributed by atoms with Gasteiger partial charge in [-0.1, -0.05) is 13.3 Å². The van der Waals surface area contributed by atoms with Gasteiger partial charge in [-0.15, -0.1) is 0 Å². The molecule has 0 amide bonds. The lowest BCUT2D eigenvalue weighted by atomic mass is 10.2. The molecule has 0 atom stereocenters. The first-order chi connectivity index (χ1) is 8.95. The van der Waals surface area contributed by atoms with Crippen LogP contribution in [-0.2, 0) is 17.1 Å². The molecule has 0 spiro atoms. The van der Waals surface area contributed by atoms with Gasteiger partial charge in [0.25, 0.3) is 0 Å². The van der Waals surface area contributed by atoms with Gasteiger partial charge in [0, 0.05) is 19.5 Å². The highest BCUT2D eigenvalue weighted by atomic mass is 32.2. The zero-order valence-corrected chi connectivity index (χ0v) is 12.3. The number of aryl methyl sites for hydroxylation is 1. The van der Waals surface area contributed by atoms with Crippen LogP contribution in [0.15, 0.2) is 24.4 Å². The Morgan fingerprint density at radius 1 is 1.37 bits per heavy atom. The van der Waals surface area contributed by atoms with Gasteiger partial charge in [0.1, 0.15) is 0 Å². The predicted molar refractivity (Wildman–Crippen MR) is 77.8 cm³/mol. The number of unbranched alkanes of at least 4 members (excludes halogenated alkanes) is 1. The Kier molecular flexibility index (Phi) is 3.80. The number of nitrogens with zero attached hydrogens (tertiary/aromatic N) is 3. The van der Waals surface area contributed by atoms with Crippen LogP contribution in [0.2, 0.25) is 0 Å². The Balaban J connectivity index is 2.35. The topological polar surface area (TPSA) is 55.2 Å². The molecule has 0 fully saturated rings. The molecule has 19 heavy (non-hydrogen) atoms. The summed E-state index contributed by atoms with van der Waals surface area (Å²) in [6.07, 6.45) is 3.32. The number of anilines is 1. The first-order valence-electron chi connectivity index (χ1n) is 6.34. The number of benzene rings is 1. The van der Waals surface area contributed by atoms with Crippen LogP contribution in [0, 0.1) is 0 Å². The fourth-order valence-corrected chi connectivity index (χ4v) is 3.31. The molecule has 0 aliphatic rings. The predicted octanol–water partition coefficient (Wildman–Crippen LogP) is 2.14. The zero-order chi connectivity index (χ0) is 14.0. The second-order valence-electron chi connectivity index (χ2n) is 4.65. The van der Waals surface area contributed by atoms with Gasteiger partial charge in [0.2, 0.25) is 10.0 Å². The standard InChI is InChI=1S/C13H19N3O2S/c1-4-5-8-19(17,18)16(3)12-7-6-11-10-14-15(2)13(11)9-12/h6-7,9-10H,4-5,8H2,1-3H3. The summed E-state index contributed by atoms with van der Waals surface area (Å²) in [7, 11) is 0.208. The molecule has 0 aliphatic carbocycles. The van der Waals surface area contributed by atoms with E-state index in [-0.39, 0.29) is 5.75 Å². The van der Waals surface area contributed by atoms with E-state index < -0.39 is 10.0 Å². The molecule has 0 N–H and O–H groups in total. The van der Waals surface area contributed by atoms with Crippen molar-refractivity contribution in [3.05, 3.63) is 24.4 Å². The lowest BCUT2D eigenvalue weighted by Crippen LogP contribution is -2.28. The zero-order valence-electron chi connectivity index (χ0n) is 11.5. The summed E-state index contributed by atoms with van der Waals surface area (Å²) in [6, 6.07) is 5.56. The fourth-order valence-electron chi connectivity index (χ4n) is 1.95. The Bertz CT molecular complexity index is 676. The number of hydrogen-bond donors (Lipinski definition) is 0. The van der Waals surface area contributed by atoms with Gasteiger partial charge in [0.15, 0.2) is 0 Å². The first-order valence-corrected chi connectivity index (χ1v) is 7.95. The second-order valence-corrected chi connectivity index (χ2v) is 6.77. The van der Waals surface area contributed by atoms with Crippen molar-refractivity contribution in [1.82, 2.24) is 9.78 Å². The van der Waals surface area contributed by atoms with Gasteiger partial charge in [-0.05, 0) is 24.6 Å². The molecule has 0 bridgehead atoms. The maximum atomic E-state index is 12.2. The van der Waals surface area contributed by atoms with Gasteiger partial charge in [-0.3, -0.25) is 8.99 Å². The average Bonchev–Trinajstić information content (AvgIpc) is 2.77. The summed E-state index contributed by atoms with van der Waals surface area (Å²) in [4.78, 5) is 0. The molecule has 1 aromatic carbocycles. The van der Waals surface area contributed by atoms with Gasteiger partial charge in [-0.25, -0.2) is 8.42 Å². The molecule has 0 radical (unpaired) electrons.